The van der Waals surface area contributed by atoms with E-state index in [2.05, 4.69) is 5.32 Å². The van der Waals surface area contributed by atoms with E-state index in [1.807, 2.05) is 20.8 Å². The van der Waals surface area contributed by atoms with Crippen LogP contribution in [0.2, 0.25) is 10.0 Å². The van der Waals surface area contributed by atoms with E-state index in [9.17, 15) is 18.0 Å². The van der Waals surface area contributed by atoms with Gasteiger partial charge < -0.3 is 19.7 Å². The van der Waals surface area contributed by atoms with Crippen molar-refractivity contribution in [2.45, 2.75) is 51.6 Å². The number of amides is 2. The number of aryl methyl sites for hydroxylation is 1. The van der Waals surface area contributed by atoms with E-state index in [0.29, 0.717) is 27.9 Å². The lowest BCUT2D eigenvalue weighted by atomic mass is 10.1. The zero-order valence-electron chi connectivity index (χ0n) is 25.8. The average Bonchev–Trinajstić information content (AvgIpc) is 3.00. The van der Waals surface area contributed by atoms with Crippen LogP contribution in [0.4, 0.5) is 5.69 Å². The molecule has 0 aliphatic carbocycles. The lowest BCUT2D eigenvalue weighted by Crippen LogP contribution is -2.52. The minimum Gasteiger partial charge on any atom is -0.493 e. The highest BCUT2D eigenvalue weighted by Gasteiger charge is 2.34. The fourth-order valence-electron chi connectivity index (χ4n) is 4.52. The molecule has 0 fully saturated rings. The van der Waals surface area contributed by atoms with Crippen LogP contribution in [0.5, 0.6) is 11.5 Å². The van der Waals surface area contributed by atoms with E-state index in [1.165, 1.54) is 43.4 Å². The second kappa shape index (κ2) is 15.5. The molecule has 238 valence electrons. The predicted molar refractivity (Wildman–Crippen MR) is 174 cm³/mol. The van der Waals surface area contributed by atoms with Crippen LogP contribution in [-0.4, -0.2) is 58.5 Å². The van der Waals surface area contributed by atoms with Gasteiger partial charge in [0.15, 0.2) is 11.5 Å². The molecule has 0 aromatic heterocycles. The van der Waals surface area contributed by atoms with Crippen LogP contribution in [0.15, 0.2) is 65.6 Å². The van der Waals surface area contributed by atoms with E-state index in [1.54, 1.807) is 43.3 Å². The van der Waals surface area contributed by atoms with Crippen LogP contribution >= 0.6 is 23.2 Å². The summed E-state index contributed by atoms with van der Waals surface area (Å²) in [5.41, 5.74) is 1.69. The van der Waals surface area contributed by atoms with E-state index in [0.717, 1.165) is 9.87 Å². The van der Waals surface area contributed by atoms with Crippen molar-refractivity contribution in [3.05, 3.63) is 81.8 Å². The molecule has 1 atom stereocenters. The molecule has 0 spiro atoms. The summed E-state index contributed by atoms with van der Waals surface area (Å²) in [7, 11) is -1.35. The Morgan fingerprint density at radius 3 is 2.14 bits per heavy atom. The second-order valence-electron chi connectivity index (χ2n) is 10.7. The van der Waals surface area contributed by atoms with Gasteiger partial charge in [0, 0.05) is 19.2 Å². The molecule has 0 aliphatic heterocycles. The summed E-state index contributed by atoms with van der Waals surface area (Å²) < 4.78 is 40.0. The summed E-state index contributed by atoms with van der Waals surface area (Å²) in [5.74, 6) is -0.0595. The Balaban J connectivity index is 2.12. The molecule has 9 nitrogen and oxygen atoms in total. The zero-order valence-corrected chi connectivity index (χ0v) is 28.1. The van der Waals surface area contributed by atoms with Gasteiger partial charge in [-0.3, -0.25) is 13.9 Å². The van der Waals surface area contributed by atoms with Gasteiger partial charge >= 0.3 is 0 Å². The smallest absolute Gasteiger partial charge is 0.264 e. The number of anilines is 1. The molecular weight excluding hydrogens is 625 g/mol. The molecule has 2 amide bonds. The van der Waals surface area contributed by atoms with E-state index < -0.39 is 28.5 Å². The topological polar surface area (TPSA) is 105 Å². The summed E-state index contributed by atoms with van der Waals surface area (Å²) >= 11 is 12.4. The Bertz CT molecular complexity index is 1560. The van der Waals surface area contributed by atoms with Crippen LogP contribution in [0.25, 0.3) is 0 Å². The highest BCUT2D eigenvalue weighted by molar-refractivity contribution is 7.92. The fourth-order valence-corrected chi connectivity index (χ4v) is 6.25. The Kier molecular flexibility index (Phi) is 12.3. The third-order valence-electron chi connectivity index (χ3n) is 6.95. The van der Waals surface area contributed by atoms with Crippen molar-refractivity contribution < 1.29 is 27.5 Å². The SMILES string of the molecule is CCC(C(=O)NCC(C)C)N(Cc1ccc(Cl)c(Cl)c1)C(=O)CN(c1ccc(OC)c(OC)c1)S(=O)(=O)c1ccc(C)cc1. The number of ether oxygens (including phenoxy) is 2. The Hall–Kier alpha value is -3.47. The van der Waals surface area contributed by atoms with Crippen LogP contribution in [0.3, 0.4) is 0 Å². The van der Waals surface area contributed by atoms with Gasteiger partial charge in [-0.25, -0.2) is 8.42 Å². The van der Waals surface area contributed by atoms with Crippen LogP contribution in [0, 0.1) is 12.8 Å². The van der Waals surface area contributed by atoms with Gasteiger partial charge in [-0.2, -0.15) is 0 Å². The van der Waals surface area contributed by atoms with Gasteiger partial charge in [-0.05, 0) is 61.2 Å². The molecule has 0 saturated carbocycles. The number of nitrogens with one attached hydrogen (secondary N) is 1. The summed E-state index contributed by atoms with van der Waals surface area (Å²) in [4.78, 5) is 29.0. The molecule has 0 aliphatic rings. The van der Waals surface area contributed by atoms with Gasteiger partial charge in [-0.15, -0.1) is 0 Å². The lowest BCUT2D eigenvalue weighted by Gasteiger charge is -2.33. The Labute approximate surface area is 270 Å². The molecule has 44 heavy (non-hydrogen) atoms. The number of methoxy groups -OCH3 is 2. The molecule has 3 aromatic carbocycles. The first-order valence-electron chi connectivity index (χ1n) is 14.1. The molecular formula is C32H39Cl2N3O6S. The minimum atomic E-state index is -4.25. The zero-order chi connectivity index (χ0) is 32.6. The number of sulfonamides is 1. The molecule has 1 unspecified atom stereocenters. The number of rotatable bonds is 14. The minimum absolute atomic E-state index is 0.00318. The number of halogens is 2. The molecule has 1 N–H and O–H groups in total. The third kappa shape index (κ3) is 8.58. The van der Waals surface area contributed by atoms with E-state index >= 15 is 0 Å². The van der Waals surface area contributed by atoms with Crippen LogP contribution in [0.1, 0.15) is 38.3 Å². The largest absolute Gasteiger partial charge is 0.493 e. The first-order valence-corrected chi connectivity index (χ1v) is 16.3. The molecule has 12 heteroatoms. The number of benzene rings is 3. The quantitative estimate of drug-likeness (QED) is 0.224. The monoisotopic (exact) mass is 663 g/mol. The molecule has 0 saturated heterocycles. The Morgan fingerprint density at radius 2 is 1.57 bits per heavy atom. The van der Waals surface area contributed by atoms with Crippen molar-refractivity contribution in [1.29, 1.82) is 0 Å². The number of carbonyl (C=O) groups excluding carboxylic acids is 2. The number of hydrogen-bond donors (Lipinski definition) is 1. The maximum atomic E-state index is 14.3. The highest BCUT2D eigenvalue weighted by Crippen LogP contribution is 2.34. The summed E-state index contributed by atoms with van der Waals surface area (Å²) in [6.45, 7) is 7.40. The normalized spacial score (nSPS) is 12.0. The second-order valence-corrected chi connectivity index (χ2v) is 13.4. The number of carbonyl (C=O) groups is 2. The summed E-state index contributed by atoms with van der Waals surface area (Å²) in [5, 5.41) is 3.55. The summed E-state index contributed by atoms with van der Waals surface area (Å²) in [6.07, 6.45) is 0.290. The standard InChI is InChI=1S/C32H39Cl2N3O6S/c1-7-28(32(39)35-18-21(2)3)36(19-23-10-14-26(33)27(34)16-23)31(38)20-37(24-11-15-29(42-5)30(17-24)43-6)44(40,41)25-12-8-22(4)9-13-25/h8-17,21,28H,7,18-20H2,1-6H3,(H,35,39). The van der Waals surface area contributed by atoms with Crippen molar-refractivity contribution in [1.82, 2.24) is 10.2 Å². The maximum absolute atomic E-state index is 14.3. The predicted octanol–water partition coefficient (Wildman–Crippen LogP) is 6.09. The average molecular weight is 665 g/mol. The van der Waals surface area contributed by atoms with Gasteiger partial charge in [-0.1, -0.05) is 67.7 Å². The first-order chi connectivity index (χ1) is 20.8. The highest BCUT2D eigenvalue weighted by atomic mass is 35.5. The summed E-state index contributed by atoms with van der Waals surface area (Å²) in [6, 6.07) is 15.0. The van der Waals surface area contributed by atoms with Crippen molar-refractivity contribution in [3.8, 4) is 11.5 Å². The Morgan fingerprint density at radius 1 is 0.909 bits per heavy atom. The number of nitrogens with zero attached hydrogens (tertiary/aromatic N) is 2. The molecule has 3 aromatic rings. The molecule has 0 radical (unpaired) electrons. The maximum Gasteiger partial charge on any atom is 0.264 e. The van der Waals surface area contributed by atoms with Crippen LogP contribution in [-0.2, 0) is 26.2 Å². The molecule has 0 heterocycles. The van der Waals surface area contributed by atoms with Gasteiger partial charge in [0.2, 0.25) is 11.8 Å². The first kappa shape index (κ1) is 35.0. The lowest BCUT2D eigenvalue weighted by molar-refractivity contribution is -0.140. The molecule has 3 rings (SSSR count). The van der Waals surface area contributed by atoms with Gasteiger partial charge in [0.1, 0.15) is 12.6 Å². The van der Waals surface area contributed by atoms with E-state index in [-0.39, 0.29) is 41.1 Å². The molecule has 0 bridgehead atoms. The van der Waals surface area contributed by atoms with Crippen molar-refractivity contribution in [3.63, 3.8) is 0 Å². The fraction of sp³-hybridized carbons (Fsp3) is 0.375. The van der Waals surface area contributed by atoms with Crippen molar-refractivity contribution >= 4 is 50.7 Å². The van der Waals surface area contributed by atoms with Gasteiger partial charge in [0.05, 0.1) is 34.8 Å². The van der Waals surface area contributed by atoms with Crippen molar-refractivity contribution in [2.24, 2.45) is 5.92 Å². The third-order valence-corrected chi connectivity index (χ3v) is 9.48. The van der Waals surface area contributed by atoms with Gasteiger partial charge in [0.25, 0.3) is 10.0 Å². The number of hydrogen-bond acceptors (Lipinski definition) is 6. The van der Waals surface area contributed by atoms with Crippen molar-refractivity contribution in [2.75, 3.05) is 31.6 Å². The van der Waals surface area contributed by atoms with E-state index in [4.69, 9.17) is 32.7 Å². The van der Waals surface area contributed by atoms with Crippen LogP contribution < -0.4 is 19.1 Å².